The Morgan fingerprint density at radius 2 is 1.65 bits per heavy atom. The number of pyridine rings is 1. The van der Waals surface area contributed by atoms with Crippen LogP contribution < -0.4 is 21.7 Å². The summed E-state index contributed by atoms with van der Waals surface area (Å²) in [6, 6.07) is 3.88. The summed E-state index contributed by atoms with van der Waals surface area (Å²) in [6.07, 6.45) is 8.04. The van der Waals surface area contributed by atoms with Crippen molar-refractivity contribution in [2.75, 3.05) is 0 Å². The SMILES string of the molecule is CC(C)[C@@H](NC(=O)C12CC3CC(CC(C3)C1)C2)C(=O)NNC(=O)Cn1ccccc1=O. The number of aromatic nitrogens is 1. The van der Waals surface area contributed by atoms with Crippen molar-refractivity contribution in [1.82, 2.24) is 20.7 Å². The van der Waals surface area contributed by atoms with Gasteiger partial charge in [0.25, 0.3) is 17.4 Å². The van der Waals surface area contributed by atoms with Crippen LogP contribution in [0.4, 0.5) is 0 Å². The predicted molar refractivity (Wildman–Crippen MR) is 114 cm³/mol. The Kier molecular flexibility index (Phi) is 5.90. The molecule has 0 saturated heterocycles. The highest BCUT2D eigenvalue weighted by molar-refractivity contribution is 5.91. The van der Waals surface area contributed by atoms with Gasteiger partial charge >= 0.3 is 0 Å². The molecular weight excluding hydrogens is 396 g/mol. The molecule has 4 fully saturated rings. The first kappa shape index (κ1) is 21.6. The third-order valence-electron chi connectivity index (χ3n) is 7.29. The highest BCUT2D eigenvalue weighted by atomic mass is 16.2. The molecule has 8 heteroatoms. The largest absolute Gasteiger partial charge is 0.344 e. The van der Waals surface area contributed by atoms with E-state index < -0.39 is 17.9 Å². The summed E-state index contributed by atoms with van der Waals surface area (Å²) in [5.41, 5.74) is 4.13. The molecule has 0 aliphatic heterocycles. The molecule has 0 spiro atoms. The van der Waals surface area contributed by atoms with Crippen molar-refractivity contribution in [3.8, 4) is 0 Å². The molecule has 1 heterocycles. The van der Waals surface area contributed by atoms with Crippen molar-refractivity contribution in [1.29, 1.82) is 0 Å². The second kappa shape index (κ2) is 8.48. The molecule has 4 saturated carbocycles. The number of amides is 3. The number of rotatable bonds is 6. The number of nitrogens with zero attached hydrogens (tertiary/aromatic N) is 1. The van der Waals surface area contributed by atoms with Crippen LogP contribution in [0.15, 0.2) is 29.2 Å². The van der Waals surface area contributed by atoms with E-state index in [0.29, 0.717) is 17.8 Å². The lowest BCUT2D eigenvalue weighted by molar-refractivity contribution is -0.149. The van der Waals surface area contributed by atoms with Crippen LogP contribution in [0.25, 0.3) is 0 Å². The van der Waals surface area contributed by atoms with Crippen molar-refractivity contribution in [3.05, 3.63) is 34.7 Å². The molecule has 0 aromatic carbocycles. The van der Waals surface area contributed by atoms with E-state index in [0.717, 1.165) is 19.3 Å². The molecule has 0 radical (unpaired) electrons. The molecule has 3 N–H and O–H groups in total. The van der Waals surface area contributed by atoms with Gasteiger partial charge < -0.3 is 9.88 Å². The maximum absolute atomic E-state index is 13.3. The molecule has 31 heavy (non-hydrogen) atoms. The fourth-order valence-corrected chi connectivity index (χ4v) is 6.21. The van der Waals surface area contributed by atoms with E-state index in [1.54, 1.807) is 12.1 Å². The number of carbonyl (C=O) groups is 3. The van der Waals surface area contributed by atoms with Crippen molar-refractivity contribution in [2.45, 2.75) is 65.0 Å². The maximum atomic E-state index is 13.3. The van der Waals surface area contributed by atoms with Gasteiger partial charge in [0, 0.05) is 17.7 Å². The van der Waals surface area contributed by atoms with Crippen LogP contribution in [0, 0.1) is 29.1 Å². The van der Waals surface area contributed by atoms with Crippen LogP contribution in [0.2, 0.25) is 0 Å². The smallest absolute Gasteiger partial charge is 0.261 e. The zero-order valence-corrected chi connectivity index (χ0v) is 18.2. The topological polar surface area (TPSA) is 109 Å². The zero-order valence-electron chi connectivity index (χ0n) is 18.2. The standard InChI is InChI=1S/C23H32N4O4/c1-14(2)20(21(30)26-25-18(28)13-27-6-4-3-5-19(27)29)24-22(31)23-10-15-7-16(11-23)9-17(8-15)12-23/h3-6,14-17,20H,7-13H2,1-2H3,(H,24,31)(H,25,28)(H,26,30)/t15?,16?,17?,20-,23?/m1/s1. The summed E-state index contributed by atoms with van der Waals surface area (Å²) < 4.78 is 1.25. The van der Waals surface area contributed by atoms with Gasteiger partial charge in [-0.3, -0.25) is 30.0 Å². The van der Waals surface area contributed by atoms with Gasteiger partial charge in [0.2, 0.25) is 5.91 Å². The normalized spacial score (nSPS) is 29.5. The van der Waals surface area contributed by atoms with E-state index in [9.17, 15) is 19.2 Å². The van der Waals surface area contributed by atoms with Gasteiger partial charge in [0.05, 0.1) is 0 Å². The molecule has 1 aromatic rings. The van der Waals surface area contributed by atoms with Gasteiger partial charge in [-0.05, 0) is 68.3 Å². The minimum atomic E-state index is -0.736. The lowest BCUT2D eigenvalue weighted by Gasteiger charge is -2.55. The van der Waals surface area contributed by atoms with Crippen molar-refractivity contribution < 1.29 is 14.4 Å². The second-order valence-electron chi connectivity index (χ2n) is 10.1. The van der Waals surface area contributed by atoms with Crippen molar-refractivity contribution >= 4 is 17.7 Å². The van der Waals surface area contributed by atoms with Crippen LogP contribution in [0.3, 0.4) is 0 Å². The quantitative estimate of drug-likeness (QED) is 0.594. The molecular formula is C23H32N4O4. The van der Waals surface area contributed by atoms with Gasteiger partial charge in [0.15, 0.2) is 0 Å². The summed E-state index contributed by atoms with van der Waals surface area (Å²) in [7, 11) is 0. The average Bonchev–Trinajstić information content (AvgIpc) is 2.70. The van der Waals surface area contributed by atoms with Gasteiger partial charge in [0.1, 0.15) is 12.6 Å². The van der Waals surface area contributed by atoms with E-state index in [1.807, 2.05) is 13.8 Å². The highest BCUT2D eigenvalue weighted by Gasteiger charge is 2.55. The van der Waals surface area contributed by atoms with Crippen LogP contribution in [-0.2, 0) is 20.9 Å². The van der Waals surface area contributed by atoms with Gasteiger partial charge in [-0.25, -0.2) is 0 Å². The number of hydrogen-bond acceptors (Lipinski definition) is 4. The van der Waals surface area contributed by atoms with Crippen LogP contribution in [0.1, 0.15) is 52.4 Å². The van der Waals surface area contributed by atoms with Crippen LogP contribution in [0.5, 0.6) is 0 Å². The average molecular weight is 429 g/mol. The van der Waals surface area contributed by atoms with Gasteiger partial charge in [-0.2, -0.15) is 0 Å². The van der Waals surface area contributed by atoms with E-state index in [-0.39, 0.29) is 29.3 Å². The van der Waals surface area contributed by atoms with Crippen molar-refractivity contribution in [2.24, 2.45) is 29.1 Å². The Bertz CT molecular complexity index is 887. The summed E-state index contributed by atoms with van der Waals surface area (Å²) in [4.78, 5) is 49.9. The van der Waals surface area contributed by atoms with Crippen molar-refractivity contribution in [3.63, 3.8) is 0 Å². The van der Waals surface area contributed by atoms with E-state index in [2.05, 4.69) is 16.2 Å². The molecule has 4 aliphatic rings. The highest BCUT2D eigenvalue weighted by Crippen LogP contribution is 2.60. The lowest BCUT2D eigenvalue weighted by atomic mass is 9.49. The summed E-state index contributed by atoms with van der Waals surface area (Å²) >= 11 is 0. The minimum Gasteiger partial charge on any atom is -0.344 e. The summed E-state index contributed by atoms with van der Waals surface area (Å²) in [5, 5.41) is 3.00. The molecule has 4 bridgehead atoms. The third-order valence-corrected chi connectivity index (χ3v) is 7.29. The fraction of sp³-hybridized carbons (Fsp3) is 0.652. The Morgan fingerprint density at radius 1 is 1.03 bits per heavy atom. The Hall–Kier alpha value is -2.64. The van der Waals surface area contributed by atoms with E-state index in [1.165, 1.54) is 36.1 Å². The maximum Gasteiger partial charge on any atom is 0.261 e. The lowest BCUT2D eigenvalue weighted by Crippen LogP contribution is -2.60. The van der Waals surface area contributed by atoms with Gasteiger partial charge in [-0.15, -0.1) is 0 Å². The van der Waals surface area contributed by atoms with Gasteiger partial charge in [-0.1, -0.05) is 19.9 Å². The minimum absolute atomic E-state index is 0.0115. The first-order valence-corrected chi connectivity index (χ1v) is 11.3. The number of hydrazine groups is 1. The van der Waals surface area contributed by atoms with Crippen LogP contribution in [-0.4, -0.2) is 28.3 Å². The molecule has 1 aromatic heterocycles. The number of carbonyl (C=O) groups excluding carboxylic acids is 3. The summed E-state index contributed by atoms with van der Waals surface area (Å²) in [6.45, 7) is 3.54. The number of nitrogens with one attached hydrogen (secondary N) is 3. The molecule has 8 nitrogen and oxygen atoms in total. The van der Waals surface area contributed by atoms with E-state index in [4.69, 9.17) is 0 Å². The Balaban J connectivity index is 1.34. The summed E-state index contributed by atoms with van der Waals surface area (Å²) in [5.74, 6) is 0.810. The fourth-order valence-electron chi connectivity index (χ4n) is 6.21. The molecule has 4 aliphatic carbocycles. The molecule has 168 valence electrons. The van der Waals surface area contributed by atoms with E-state index >= 15 is 0 Å². The number of hydrogen-bond donors (Lipinski definition) is 3. The van der Waals surface area contributed by atoms with Crippen LogP contribution >= 0.6 is 0 Å². The zero-order chi connectivity index (χ0) is 22.2. The Morgan fingerprint density at radius 3 is 2.19 bits per heavy atom. The molecule has 3 amide bonds. The molecule has 5 rings (SSSR count). The first-order valence-electron chi connectivity index (χ1n) is 11.3. The monoisotopic (exact) mass is 428 g/mol. The Labute approximate surface area is 182 Å². The molecule has 1 atom stereocenters. The first-order chi connectivity index (χ1) is 14.8. The molecule has 0 unspecified atom stereocenters. The predicted octanol–water partition coefficient (Wildman–Crippen LogP) is 1.35. The third kappa shape index (κ3) is 4.52. The second-order valence-corrected chi connectivity index (χ2v) is 10.1.